The summed E-state index contributed by atoms with van der Waals surface area (Å²) in [6.07, 6.45) is 3.02. The number of nitrogens with one attached hydrogen (secondary N) is 4. The molecule has 0 atom stereocenters. The van der Waals surface area contributed by atoms with Gasteiger partial charge in [0, 0.05) is 23.9 Å². The van der Waals surface area contributed by atoms with Crippen LogP contribution in [-0.2, 0) is 0 Å². The van der Waals surface area contributed by atoms with Gasteiger partial charge in [0.05, 0.1) is 38.0 Å². The van der Waals surface area contributed by atoms with Gasteiger partial charge in [0.2, 0.25) is 0 Å². The highest BCUT2D eigenvalue weighted by Gasteiger charge is 2.15. The molecule has 0 saturated heterocycles. The fraction of sp³-hybridized carbons (Fsp3) is 0.136. The number of imidazole rings is 1. The Morgan fingerprint density at radius 3 is 2.49 bits per heavy atom. The molecule has 0 bridgehead atoms. The van der Waals surface area contributed by atoms with E-state index in [1.807, 2.05) is 0 Å². The molecule has 0 amide bonds. The van der Waals surface area contributed by atoms with Crippen LogP contribution in [0.25, 0.3) is 5.65 Å². The molecular weight excluding hydrogens is 450 g/mol. The van der Waals surface area contributed by atoms with Crippen LogP contribution in [0.15, 0.2) is 54.0 Å². The van der Waals surface area contributed by atoms with Crippen molar-refractivity contribution in [2.45, 2.75) is 6.92 Å². The zero-order valence-electron chi connectivity index (χ0n) is 19.1. The molecule has 0 aliphatic carbocycles. The molecule has 13 nitrogen and oxygen atoms in total. The second-order valence-corrected chi connectivity index (χ2v) is 7.18. The van der Waals surface area contributed by atoms with E-state index < -0.39 is 0 Å². The van der Waals surface area contributed by atoms with Crippen molar-refractivity contribution >= 4 is 40.2 Å². The van der Waals surface area contributed by atoms with E-state index in [1.54, 1.807) is 49.7 Å². The fourth-order valence-corrected chi connectivity index (χ4v) is 3.28. The summed E-state index contributed by atoms with van der Waals surface area (Å²) in [6.45, 7) is 1.52. The third-order valence-corrected chi connectivity index (χ3v) is 4.88. The first-order chi connectivity index (χ1) is 16.9. The van der Waals surface area contributed by atoms with Crippen LogP contribution in [0.3, 0.4) is 0 Å². The lowest BCUT2D eigenvalue weighted by Crippen LogP contribution is -2.20. The van der Waals surface area contributed by atoms with Crippen LogP contribution in [0.1, 0.15) is 12.6 Å². The number of benzene rings is 1. The number of nitriles is 1. The summed E-state index contributed by atoms with van der Waals surface area (Å²) in [4.78, 5) is 8.64. The Kier molecular flexibility index (Phi) is 6.36. The third kappa shape index (κ3) is 4.76. The summed E-state index contributed by atoms with van der Waals surface area (Å²) >= 11 is 0. The highest BCUT2D eigenvalue weighted by Crippen LogP contribution is 2.31. The van der Waals surface area contributed by atoms with Crippen molar-refractivity contribution in [2.24, 2.45) is 5.22 Å². The van der Waals surface area contributed by atoms with Crippen molar-refractivity contribution in [1.29, 1.82) is 16.2 Å². The minimum atomic E-state index is 0.0642. The second-order valence-electron chi connectivity index (χ2n) is 7.18. The van der Waals surface area contributed by atoms with Gasteiger partial charge in [0.1, 0.15) is 29.2 Å². The van der Waals surface area contributed by atoms with Crippen molar-refractivity contribution in [2.75, 3.05) is 29.9 Å². The first-order valence-corrected chi connectivity index (χ1v) is 10.2. The fourth-order valence-electron chi connectivity index (χ4n) is 3.28. The largest absolute Gasteiger partial charge is 0.497 e. The van der Waals surface area contributed by atoms with Crippen LogP contribution < -0.4 is 25.1 Å². The van der Waals surface area contributed by atoms with E-state index in [2.05, 4.69) is 37.0 Å². The molecular formula is C22H21N11O2. The first kappa shape index (κ1) is 22.9. The molecule has 3 aromatic heterocycles. The van der Waals surface area contributed by atoms with Crippen LogP contribution in [0, 0.1) is 22.3 Å². The molecule has 0 aliphatic heterocycles. The molecule has 0 radical (unpaired) electrons. The van der Waals surface area contributed by atoms with Crippen molar-refractivity contribution in [3.05, 3.63) is 54.5 Å². The molecule has 0 fully saturated rings. The SMILES string of the molecule is COc1ccc(Nc2cc(Nc3cc(OC)cc(N(N=N)C(C)=N)c3)nn3c(C#N)cnc23)nc1. The smallest absolute Gasteiger partial charge is 0.179 e. The molecule has 4 aromatic rings. The number of rotatable bonds is 8. The van der Waals surface area contributed by atoms with Gasteiger partial charge in [-0.05, 0) is 25.1 Å². The number of hydrogen-bond acceptors (Lipinski definition) is 11. The highest BCUT2D eigenvalue weighted by molar-refractivity contribution is 5.93. The van der Waals surface area contributed by atoms with E-state index in [1.165, 1.54) is 24.7 Å². The van der Waals surface area contributed by atoms with Crippen molar-refractivity contribution < 1.29 is 9.47 Å². The quantitative estimate of drug-likeness (QED) is 0.127. The van der Waals surface area contributed by atoms with Crippen LogP contribution in [0.2, 0.25) is 0 Å². The van der Waals surface area contributed by atoms with Crippen molar-refractivity contribution in [3.8, 4) is 17.6 Å². The van der Waals surface area contributed by atoms with Crippen LogP contribution in [0.4, 0.5) is 28.7 Å². The molecule has 4 rings (SSSR count). The Hall–Kier alpha value is -5.25. The predicted octanol–water partition coefficient (Wildman–Crippen LogP) is 4.25. The van der Waals surface area contributed by atoms with Gasteiger partial charge in [0.15, 0.2) is 17.2 Å². The molecule has 13 heteroatoms. The Bertz CT molecular complexity index is 1440. The number of aromatic nitrogens is 4. The predicted molar refractivity (Wildman–Crippen MR) is 129 cm³/mol. The maximum absolute atomic E-state index is 9.50. The second kappa shape index (κ2) is 9.71. The summed E-state index contributed by atoms with van der Waals surface area (Å²) in [5, 5.41) is 32.8. The van der Waals surface area contributed by atoms with Gasteiger partial charge < -0.3 is 20.1 Å². The average Bonchev–Trinajstić information content (AvgIpc) is 3.28. The number of fused-ring (bicyclic) bond motifs is 1. The molecule has 3 heterocycles. The van der Waals surface area contributed by atoms with Crippen molar-refractivity contribution in [1.82, 2.24) is 19.6 Å². The molecule has 0 aliphatic rings. The normalized spacial score (nSPS) is 10.3. The lowest BCUT2D eigenvalue weighted by molar-refractivity contribution is 0.413. The summed E-state index contributed by atoms with van der Waals surface area (Å²) < 4.78 is 11.9. The van der Waals surface area contributed by atoms with Gasteiger partial charge >= 0.3 is 0 Å². The zero-order chi connectivity index (χ0) is 24.9. The van der Waals surface area contributed by atoms with E-state index in [-0.39, 0.29) is 11.5 Å². The Labute approximate surface area is 199 Å². The minimum Gasteiger partial charge on any atom is -0.497 e. The zero-order valence-corrected chi connectivity index (χ0v) is 19.1. The third-order valence-electron chi connectivity index (χ3n) is 4.88. The Morgan fingerprint density at radius 2 is 1.86 bits per heavy atom. The van der Waals surface area contributed by atoms with Gasteiger partial charge in [-0.1, -0.05) is 5.22 Å². The number of nitrogens with zero attached hydrogens (tertiary/aromatic N) is 7. The van der Waals surface area contributed by atoms with Gasteiger partial charge in [-0.25, -0.2) is 15.0 Å². The molecule has 35 heavy (non-hydrogen) atoms. The van der Waals surface area contributed by atoms with Gasteiger partial charge in [-0.15, -0.1) is 5.10 Å². The Morgan fingerprint density at radius 1 is 1.06 bits per heavy atom. The molecule has 0 spiro atoms. The lowest BCUT2D eigenvalue weighted by atomic mass is 10.2. The monoisotopic (exact) mass is 471 g/mol. The summed E-state index contributed by atoms with van der Waals surface area (Å²) in [5.74, 6) is 2.11. The summed E-state index contributed by atoms with van der Waals surface area (Å²) in [7, 11) is 3.08. The number of ether oxygens (including phenoxy) is 2. The van der Waals surface area contributed by atoms with E-state index in [9.17, 15) is 5.26 Å². The summed E-state index contributed by atoms with van der Waals surface area (Å²) in [5.41, 5.74) is 9.66. The average molecular weight is 471 g/mol. The first-order valence-electron chi connectivity index (χ1n) is 10.2. The summed E-state index contributed by atoms with van der Waals surface area (Å²) in [6, 6.07) is 12.4. The number of pyridine rings is 1. The van der Waals surface area contributed by atoms with E-state index in [0.29, 0.717) is 45.8 Å². The van der Waals surface area contributed by atoms with Gasteiger partial charge in [-0.2, -0.15) is 15.3 Å². The number of amidine groups is 1. The van der Waals surface area contributed by atoms with E-state index in [0.717, 1.165) is 5.01 Å². The molecule has 176 valence electrons. The Balaban J connectivity index is 1.76. The minimum absolute atomic E-state index is 0.0642. The molecule has 1 aromatic carbocycles. The maximum Gasteiger partial charge on any atom is 0.179 e. The molecule has 0 unspecified atom stereocenters. The number of hydrogen-bond donors (Lipinski definition) is 4. The van der Waals surface area contributed by atoms with Crippen LogP contribution in [-0.4, -0.2) is 39.6 Å². The maximum atomic E-state index is 9.50. The molecule has 4 N–H and O–H groups in total. The van der Waals surface area contributed by atoms with Gasteiger partial charge in [0.25, 0.3) is 0 Å². The number of methoxy groups -OCH3 is 2. The van der Waals surface area contributed by atoms with Crippen LogP contribution in [0.5, 0.6) is 11.5 Å². The van der Waals surface area contributed by atoms with Crippen LogP contribution >= 0.6 is 0 Å². The lowest BCUT2D eigenvalue weighted by Gasteiger charge is -2.18. The van der Waals surface area contributed by atoms with Crippen molar-refractivity contribution in [3.63, 3.8) is 0 Å². The van der Waals surface area contributed by atoms with Gasteiger partial charge in [-0.3, -0.25) is 5.41 Å². The number of anilines is 5. The standard InChI is InChI=1S/C22H21N11O2/c1-13(24)32(31-25)15-6-14(7-18(8-15)35-3)28-21-9-19(22-27-11-16(10-23)33(22)30-21)29-20-5-4-17(34-2)12-26-20/h4-9,11-12,24-25H,1-3H3,(H,26,29)(H,28,30). The topological polar surface area (TPSA) is 173 Å². The molecule has 0 saturated carbocycles. The van der Waals surface area contributed by atoms with E-state index in [4.69, 9.17) is 20.4 Å². The highest BCUT2D eigenvalue weighted by atomic mass is 16.5. The van der Waals surface area contributed by atoms with E-state index >= 15 is 0 Å².